The molecule has 124 valence electrons. The first-order valence-corrected chi connectivity index (χ1v) is 9.48. The van der Waals surface area contributed by atoms with Crippen LogP contribution in [0.3, 0.4) is 0 Å². The second kappa shape index (κ2) is 6.52. The molecule has 3 nitrogen and oxygen atoms in total. The number of piperidine rings is 1. The van der Waals surface area contributed by atoms with Crippen LogP contribution in [-0.4, -0.2) is 23.9 Å². The average molecular weight is 337 g/mol. The maximum absolute atomic E-state index is 7.73. The van der Waals surface area contributed by atoms with Gasteiger partial charge in [-0.3, -0.25) is 5.41 Å². The Hall–Kier alpha value is -1.94. The van der Waals surface area contributed by atoms with Crippen molar-refractivity contribution in [2.45, 2.75) is 35.0 Å². The second-order valence-corrected chi connectivity index (χ2v) is 7.89. The van der Waals surface area contributed by atoms with Gasteiger partial charge in [0.1, 0.15) is 0 Å². The summed E-state index contributed by atoms with van der Waals surface area (Å²) in [6.07, 6.45) is 3.51. The highest BCUT2D eigenvalue weighted by atomic mass is 32.2. The van der Waals surface area contributed by atoms with Crippen molar-refractivity contribution in [2.24, 2.45) is 11.7 Å². The van der Waals surface area contributed by atoms with Crippen molar-refractivity contribution in [3.8, 4) is 0 Å². The van der Waals surface area contributed by atoms with Gasteiger partial charge in [-0.1, -0.05) is 48.2 Å². The lowest BCUT2D eigenvalue weighted by molar-refractivity contribution is 0.238. The largest absolute Gasteiger partial charge is 0.370 e. The van der Waals surface area contributed by atoms with Crippen LogP contribution in [0.5, 0.6) is 0 Å². The van der Waals surface area contributed by atoms with E-state index < -0.39 is 0 Å². The third kappa shape index (κ3) is 2.91. The molecule has 0 bridgehead atoms. The highest BCUT2D eigenvalue weighted by molar-refractivity contribution is 7.99. The van der Waals surface area contributed by atoms with Crippen molar-refractivity contribution in [1.29, 1.82) is 5.41 Å². The van der Waals surface area contributed by atoms with E-state index in [1.54, 1.807) is 0 Å². The summed E-state index contributed by atoms with van der Waals surface area (Å²) in [5, 5.41) is 7.73. The fourth-order valence-electron chi connectivity index (χ4n) is 4.07. The third-order valence-electron chi connectivity index (χ3n) is 5.24. The van der Waals surface area contributed by atoms with Gasteiger partial charge >= 0.3 is 0 Å². The molecule has 2 heterocycles. The van der Waals surface area contributed by atoms with E-state index in [9.17, 15) is 0 Å². The molecule has 0 amide bonds. The predicted octanol–water partition coefficient (Wildman–Crippen LogP) is 4.28. The van der Waals surface area contributed by atoms with E-state index in [4.69, 9.17) is 11.1 Å². The van der Waals surface area contributed by atoms with Crippen molar-refractivity contribution in [2.75, 3.05) is 13.1 Å². The van der Waals surface area contributed by atoms with E-state index in [-0.39, 0.29) is 5.96 Å². The molecule has 4 heteroatoms. The minimum atomic E-state index is 0.222. The van der Waals surface area contributed by atoms with Gasteiger partial charge in [-0.05, 0) is 48.4 Å². The molecule has 0 saturated carbocycles. The number of nitrogens with two attached hydrogens (primary N) is 1. The first kappa shape index (κ1) is 15.6. The van der Waals surface area contributed by atoms with Crippen molar-refractivity contribution >= 4 is 17.7 Å². The van der Waals surface area contributed by atoms with E-state index in [1.165, 1.54) is 27.3 Å². The van der Waals surface area contributed by atoms with E-state index in [1.807, 2.05) is 16.7 Å². The van der Waals surface area contributed by atoms with Crippen LogP contribution in [0.15, 0.2) is 58.3 Å². The number of benzene rings is 2. The van der Waals surface area contributed by atoms with Crippen LogP contribution < -0.4 is 5.73 Å². The lowest BCUT2D eigenvalue weighted by Gasteiger charge is -2.36. The highest BCUT2D eigenvalue weighted by Gasteiger charge is 2.30. The van der Waals surface area contributed by atoms with Crippen LogP contribution in [0, 0.1) is 11.3 Å². The monoisotopic (exact) mass is 337 g/mol. The van der Waals surface area contributed by atoms with E-state index in [0.29, 0.717) is 11.8 Å². The normalized spacial score (nSPS) is 20.3. The summed E-state index contributed by atoms with van der Waals surface area (Å²) in [5.41, 5.74) is 8.64. The van der Waals surface area contributed by atoms with Gasteiger partial charge in [-0.2, -0.15) is 0 Å². The Bertz CT molecular complexity index is 713. The summed E-state index contributed by atoms with van der Waals surface area (Å²) in [5.74, 6) is 1.27. The van der Waals surface area contributed by atoms with Gasteiger partial charge in [0.05, 0.1) is 0 Å². The molecule has 0 spiro atoms. The molecule has 1 fully saturated rings. The third-order valence-corrected chi connectivity index (χ3v) is 6.42. The molecular weight excluding hydrogens is 314 g/mol. The van der Waals surface area contributed by atoms with E-state index in [0.717, 1.165) is 25.9 Å². The number of guanidine groups is 1. The van der Waals surface area contributed by atoms with Crippen molar-refractivity contribution in [3.05, 3.63) is 59.7 Å². The summed E-state index contributed by atoms with van der Waals surface area (Å²) in [6, 6.07) is 17.6. The topological polar surface area (TPSA) is 53.1 Å². The molecule has 2 aliphatic heterocycles. The molecular formula is C20H23N3S. The Morgan fingerprint density at radius 3 is 2.33 bits per heavy atom. The summed E-state index contributed by atoms with van der Waals surface area (Å²) in [7, 11) is 0. The number of nitrogens with zero attached hydrogens (tertiary/aromatic N) is 1. The number of hydrogen-bond acceptors (Lipinski definition) is 2. The molecule has 2 aromatic rings. The standard InChI is InChI=1S/C20H23N3S/c21-20(22)23-11-5-6-14(13-23)12-17-15-7-1-3-9-18(15)24-19-10-4-2-8-16(17)19/h1-4,7-10,14,17H,5-6,11-13H2,(H3,21,22). The quantitative estimate of drug-likeness (QED) is 0.635. The zero-order chi connectivity index (χ0) is 16.5. The Morgan fingerprint density at radius 2 is 1.71 bits per heavy atom. The maximum atomic E-state index is 7.73. The van der Waals surface area contributed by atoms with Crippen molar-refractivity contribution in [1.82, 2.24) is 4.90 Å². The van der Waals surface area contributed by atoms with Crippen LogP contribution in [0.1, 0.15) is 36.3 Å². The maximum Gasteiger partial charge on any atom is 0.188 e. The van der Waals surface area contributed by atoms with Gasteiger partial charge < -0.3 is 10.6 Å². The zero-order valence-electron chi connectivity index (χ0n) is 13.7. The number of fused-ring (bicyclic) bond motifs is 2. The van der Waals surface area contributed by atoms with Crippen LogP contribution in [0.4, 0.5) is 0 Å². The molecule has 1 saturated heterocycles. The first-order valence-electron chi connectivity index (χ1n) is 8.67. The van der Waals surface area contributed by atoms with Crippen molar-refractivity contribution in [3.63, 3.8) is 0 Å². The molecule has 1 unspecified atom stereocenters. The fourth-order valence-corrected chi connectivity index (χ4v) is 5.26. The summed E-state index contributed by atoms with van der Waals surface area (Å²) in [6.45, 7) is 1.85. The number of nitrogens with one attached hydrogen (secondary N) is 1. The average Bonchev–Trinajstić information content (AvgIpc) is 2.62. The summed E-state index contributed by atoms with van der Waals surface area (Å²) in [4.78, 5) is 4.81. The van der Waals surface area contributed by atoms with Gasteiger partial charge in [0, 0.05) is 28.8 Å². The minimum absolute atomic E-state index is 0.222. The van der Waals surface area contributed by atoms with Gasteiger partial charge in [0.15, 0.2) is 5.96 Å². The van der Waals surface area contributed by atoms with E-state index >= 15 is 0 Å². The lowest BCUT2D eigenvalue weighted by Crippen LogP contribution is -2.43. The van der Waals surface area contributed by atoms with Crippen molar-refractivity contribution < 1.29 is 0 Å². The SMILES string of the molecule is N=C(N)N1CCCC(CC2c3ccccc3Sc3ccccc32)C1. The smallest absolute Gasteiger partial charge is 0.188 e. The van der Waals surface area contributed by atoms with E-state index in [2.05, 4.69) is 48.5 Å². The minimum Gasteiger partial charge on any atom is -0.370 e. The Labute approximate surface area is 147 Å². The van der Waals surface area contributed by atoms with Gasteiger partial charge in [-0.15, -0.1) is 0 Å². The Kier molecular flexibility index (Phi) is 4.23. The molecule has 2 aromatic carbocycles. The molecule has 1 atom stereocenters. The van der Waals surface area contributed by atoms with Crippen LogP contribution in [-0.2, 0) is 0 Å². The molecule has 0 radical (unpaired) electrons. The Balaban J connectivity index is 1.64. The predicted molar refractivity (Wildman–Crippen MR) is 99.7 cm³/mol. The fraction of sp³-hybridized carbons (Fsp3) is 0.350. The number of likely N-dealkylation sites (tertiary alicyclic amines) is 1. The molecule has 0 aliphatic carbocycles. The van der Waals surface area contributed by atoms with Gasteiger partial charge in [0.25, 0.3) is 0 Å². The van der Waals surface area contributed by atoms with Gasteiger partial charge in [-0.25, -0.2) is 0 Å². The molecule has 24 heavy (non-hydrogen) atoms. The van der Waals surface area contributed by atoms with Crippen LogP contribution >= 0.6 is 11.8 Å². The molecule has 4 rings (SSSR count). The number of hydrogen-bond donors (Lipinski definition) is 2. The molecule has 2 aliphatic rings. The first-order chi connectivity index (χ1) is 11.7. The van der Waals surface area contributed by atoms with Gasteiger partial charge in [0.2, 0.25) is 0 Å². The summed E-state index contributed by atoms with van der Waals surface area (Å²) < 4.78 is 0. The molecule has 3 N–H and O–H groups in total. The highest BCUT2D eigenvalue weighted by Crippen LogP contribution is 2.48. The lowest BCUT2D eigenvalue weighted by atomic mass is 9.80. The Morgan fingerprint density at radius 1 is 1.08 bits per heavy atom. The van der Waals surface area contributed by atoms with Crippen LogP contribution in [0.2, 0.25) is 0 Å². The summed E-state index contributed by atoms with van der Waals surface area (Å²) >= 11 is 1.89. The second-order valence-electron chi connectivity index (χ2n) is 6.81. The van der Waals surface area contributed by atoms with Crippen LogP contribution in [0.25, 0.3) is 0 Å². The zero-order valence-corrected chi connectivity index (χ0v) is 14.6. The number of rotatable bonds is 2. The molecule has 0 aromatic heterocycles.